The summed E-state index contributed by atoms with van der Waals surface area (Å²) in [4.78, 5) is 10.3. The van der Waals surface area contributed by atoms with E-state index in [1.807, 2.05) is 6.92 Å². The third kappa shape index (κ3) is 2.82. The number of nitrogens with zero attached hydrogens (tertiary/aromatic N) is 2. The van der Waals surface area contributed by atoms with Crippen molar-refractivity contribution in [3.8, 4) is 0 Å². The first kappa shape index (κ1) is 14.9. The van der Waals surface area contributed by atoms with Crippen molar-refractivity contribution in [2.24, 2.45) is 0 Å². The van der Waals surface area contributed by atoms with Crippen LogP contribution in [0.25, 0.3) is 0 Å². The predicted octanol–water partition coefficient (Wildman–Crippen LogP) is 0.886. The van der Waals surface area contributed by atoms with E-state index in [2.05, 4.69) is 5.32 Å². The van der Waals surface area contributed by atoms with Crippen molar-refractivity contribution in [3.63, 3.8) is 0 Å². The van der Waals surface area contributed by atoms with Gasteiger partial charge in [0.1, 0.15) is 0 Å². The van der Waals surface area contributed by atoms with Crippen molar-refractivity contribution < 1.29 is 13.3 Å². The summed E-state index contributed by atoms with van der Waals surface area (Å²) in [5, 5.41) is 14.1. The minimum absolute atomic E-state index is 0.0242. The first-order valence-electron chi connectivity index (χ1n) is 6.31. The molecule has 1 heterocycles. The smallest absolute Gasteiger partial charge is 0.273 e. The van der Waals surface area contributed by atoms with Gasteiger partial charge in [-0.05, 0) is 19.9 Å². The van der Waals surface area contributed by atoms with Crippen LogP contribution in [-0.4, -0.2) is 43.3 Å². The SMILES string of the molecule is Cc1ccc(S(=O)(=O)N2CCN[C@H](C)C2)cc1[N+](=O)[O-]. The van der Waals surface area contributed by atoms with Crippen molar-refractivity contribution in [3.05, 3.63) is 33.9 Å². The maximum absolute atomic E-state index is 12.5. The molecule has 0 saturated carbocycles. The maximum atomic E-state index is 12.5. The molecule has 1 atom stereocenters. The van der Waals surface area contributed by atoms with Crippen LogP contribution >= 0.6 is 0 Å². The van der Waals surface area contributed by atoms with Crippen LogP contribution in [0.5, 0.6) is 0 Å². The largest absolute Gasteiger partial charge is 0.312 e. The Balaban J connectivity index is 2.39. The van der Waals surface area contributed by atoms with Gasteiger partial charge in [0.15, 0.2) is 0 Å². The molecule has 8 heteroatoms. The second-order valence-corrected chi connectivity index (χ2v) is 6.86. The molecule has 0 unspecified atom stereocenters. The molecule has 0 aromatic heterocycles. The van der Waals surface area contributed by atoms with Crippen LogP contribution in [-0.2, 0) is 10.0 Å². The molecule has 0 aliphatic carbocycles. The summed E-state index contributed by atoms with van der Waals surface area (Å²) in [7, 11) is -3.68. The zero-order valence-electron chi connectivity index (χ0n) is 11.4. The van der Waals surface area contributed by atoms with Crippen LogP contribution in [0.15, 0.2) is 23.1 Å². The first-order chi connectivity index (χ1) is 9.32. The van der Waals surface area contributed by atoms with Gasteiger partial charge in [0.2, 0.25) is 10.0 Å². The lowest BCUT2D eigenvalue weighted by molar-refractivity contribution is -0.385. The van der Waals surface area contributed by atoms with Crippen LogP contribution in [0, 0.1) is 17.0 Å². The highest BCUT2D eigenvalue weighted by atomic mass is 32.2. The van der Waals surface area contributed by atoms with Gasteiger partial charge < -0.3 is 5.32 Å². The molecule has 20 heavy (non-hydrogen) atoms. The third-order valence-electron chi connectivity index (χ3n) is 3.35. The molecule has 1 N–H and O–H groups in total. The van der Waals surface area contributed by atoms with Crippen LogP contribution in [0.2, 0.25) is 0 Å². The Bertz CT molecular complexity index is 630. The zero-order chi connectivity index (χ0) is 14.9. The Labute approximate surface area is 117 Å². The summed E-state index contributed by atoms with van der Waals surface area (Å²) < 4.78 is 26.4. The number of piperazine rings is 1. The number of hydrogen-bond acceptors (Lipinski definition) is 5. The van der Waals surface area contributed by atoms with Crippen molar-refractivity contribution in [2.45, 2.75) is 24.8 Å². The van der Waals surface area contributed by atoms with Crippen molar-refractivity contribution in [1.82, 2.24) is 9.62 Å². The standard InChI is InChI=1S/C12H17N3O4S/c1-9-3-4-11(7-12(9)15(16)17)20(18,19)14-6-5-13-10(2)8-14/h3-4,7,10,13H,5-6,8H2,1-2H3/t10-/m1/s1. The number of nitrogens with one attached hydrogen (secondary N) is 1. The normalized spacial score (nSPS) is 20.8. The van der Waals surface area contributed by atoms with E-state index in [9.17, 15) is 18.5 Å². The van der Waals surface area contributed by atoms with Gasteiger partial charge in [-0.2, -0.15) is 4.31 Å². The molecule has 110 valence electrons. The maximum Gasteiger partial charge on any atom is 0.273 e. The molecule has 2 rings (SSSR count). The molecular formula is C12H17N3O4S. The monoisotopic (exact) mass is 299 g/mol. The molecule has 7 nitrogen and oxygen atoms in total. The van der Waals surface area contributed by atoms with Crippen molar-refractivity contribution in [2.75, 3.05) is 19.6 Å². The predicted molar refractivity (Wildman–Crippen MR) is 74.1 cm³/mol. The lowest BCUT2D eigenvalue weighted by atomic mass is 10.2. The summed E-state index contributed by atoms with van der Waals surface area (Å²) in [6.07, 6.45) is 0. The Morgan fingerprint density at radius 3 is 2.75 bits per heavy atom. The molecule has 1 aliphatic rings. The van der Waals surface area contributed by atoms with Gasteiger partial charge in [0, 0.05) is 37.3 Å². The van der Waals surface area contributed by atoms with Gasteiger partial charge in [0.05, 0.1) is 9.82 Å². The second kappa shape index (κ2) is 5.47. The highest BCUT2D eigenvalue weighted by Crippen LogP contribution is 2.25. The van der Waals surface area contributed by atoms with E-state index >= 15 is 0 Å². The number of hydrogen-bond donors (Lipinski definition) is 1. The Morgan fingerprint density at radius 1 is 1.45 bits per heavy atom. The van der Waals surface area contributed by atoms with E-state index in [1.165, 1.54) is 16.4 Å². The van der Waals surface area contributed by atoms with Crippen molar-refractivity contribution >= 4 is 15.7 Å². The number of sulfonamides is 1. The molecule has 1 saturated heterocycles. The first-order valence-corrected chi connectivity index (χ1v) is 7.75. The second-order valence-electron chi connectivity index (χ2n) is 4.92. The highest BCUT2D eigenvalue weighted by Gasteiger charge is 2.29. The Morgan fingerprint density at radius 2 is 2.15 bits per heavy atom. The van der Waals surface area contributed by atoms with Crippen LogP contribution in [0.4, 0.5) is 5.69 Å². The van der Waals surface area contributed by atoms with E-state index in [0.717, 1.165) is 6.07 Å². The molecular weight excluding hydrogens is 282 g/mol. The van der Waals surface area contributed by atoms with E-state index in [1.54, 1.807) is 6.92 Å². The Kier molecular flexibility index (Phi) is 4.07. The summed E-state index contributed by atoms with van der Waals surface area (Å²) in [6.45, 7) is 4.80. The van der Waals surface area contributed by atoms with Crippen molar-refractivity contribution in [1.29, 1.82) is 0 Å². The summed E-state index contributed by atoms with van der Waals surface area (Å²) in [6, 6.07) is 4.09. The number of benzene rings is 1. The zero-order valence-corrected chi connectivity index (χ0v) is 12.2. The van der Waals surface area contributed by atoms with E-state index in [0.29, 0.717) is 25.2 Å². The van der Waals surface area contributed by atoms with E-state index < -0.39 is 14.9 Å². The molecule has 1 aromatic carbocycles. The van der Waals surface area contributed by atoms with E-state index in [-0.39, 0.29) is 16.6 Å². The topological polar surface area (TPSA) is 92.6 Å². The Hall–Kier alpha value is -1.51. The quantitative estimate of drug-likeness (QED) is 0.661. The van der Waals surface area contributed by atoms with Gasteiger partial charge in [-0.15, -0.1) is 0 Å². The lowest BCUT2D eigenvalue weighted by Gasteiger charge is -2.30. The number of nitro groups is 1. The van der Waals surface area contributed by atoms with Gasteiger partial charge in [-0.25, -0.2) is 8.42 Å². The fourth-order valence-corrected chi connectivity index (χ4v) is 3.76. The van der Waals surface area contributed by atoms with Crippen LogP contribution < -0.4 is 5.32 Å². The van der Waals surface area contributed by atoms with Gasteiger partial charge in [-0.3, -0.25) is 10.1 Å². The summed E-state index contributed by atoms with van der Waals surface area (Å²) in [5.74, 6) is 0. The molecule has 1 fully saturated rings. The third-order valence-corrected chi connectivity index (χ3v) is 5.21. The molecule has 1 aromatic rings. The fraction of sp³-hybridized carbons (Fsp3) is 0.500. The summed E-state index contributed by atoms with van der Waals surface area (Å²) >= 11 is 0. The van der Waals surface area contributed by atoms with E-state index in [4.69, 9.17) is 0 Å². The van der Waals surface area contributed by atoms with Gasteiger partial charge in [0.25, 0.3) is 5.69 Å². The number of rotatable bonds is 3. The average molecular weight is 299 g/mol. The fourth-order valence-electron chi connectivity index (χ4n) is 2.21. The number of nitro benzene ring substituents is 1. The molecule has 0 spiro atoms. The van der Waals surface area contributed by atoms with Crippen LogP contribution in [0.3, 0.4) is 0 Å². The van der Waals surface area contributed by atoms with Gasteiger partial charge in [-0.1, -0.05) is 6.07 Å². The molecule has 0 bridgehead atoms. The van der Waals surface area contributed by atoms with Gasteiger partial charge >= 0.3 is 0 Å². The van der Waals surface area contributed by atoms with Crippen LogP contribution in [0.1, 0.15) is 12.5 Å². The highest BCUT2D eigenvalue weighted by molar-refractivity contribution is 7.89. The minimum atomic E-state index is -3.68. The summed E-state index contributed by atoms with van der Waals surface area (Å²) in [5.41, 5.74) is 0.275. The molecule has 0 amide bonds. The minimum Gasteiger partial charge on any atom is -0.312 e. The lowest BCUT2D eigenvalue weighted by Crippen LogP contribution is -2.51. The molecule has 1 aliphatic heterocycles. The molecule has 0 radical (unpaired) electrons. The average Bonchev–Trinajstić information content (AvgIpc) is 2.38. The number of aryl methyl sites for hydroxylation is 1.